The van der Waals surface area contributed by atoms with E-state index in [1.807, 2.05) is 0 Å². The van der Waals surface area contributed by atoms with Gasteiger partial charge in [0.15, 0.2) is 0 Å². The first-order chi connectivity index (χ1) is 12.9. The van der Waals surface area contributed by atoms with Gasteiger partial charge in [-0.3, -0.25) is 4.55 Å². The average Bonchev–Trinajstić information content (AvgIpc) is 2.60. The minimum absolute atomic E-state index is 0.0978. The van der Waals surface area contributed by atoms with Crippen LogP contribution in [0.25, 0.3) is 0 Å². The highest BCUT2D eigenvalue weighted by atomic mass is 32.2. The van der Waals surface area contributed by atoms with E-state index in [9.17, 15) is 23.2 Å². The van der Waals surface area contributed by atoms with Gasteiger partial charge in [-0.25, -0.2) is 0 Å². The molecule has 0 unspecified atom stereocenters. The van der Waals surface area contributed by atoms with Crippen LogP contribution in [0.5, 0.6) is 11.5 Å². The van der Waals surface area contributed by atoms with Gasteiger partial charge in [-0.1, -0.05) is 84.0 Å². The Balaban J connectivity index is 2.18. The molecule has 1 aromatic carbocycles. The van der Waals surface area contributed by atoms with E-state index in [1.165, 1.54) is 63.9 Å². The standard InChI is InChI=1S/C21H36O5S/c1-2-3-4-5-6-7-8-9-10-11-12-13-14-15-18-19(22)16-17-20(23)21(18)27(24,25)26/h16-17,22-23H,2-15H2,1H3,(H,24,25,26). The molecule has 3 N–H and O–H groups in total. The van der Waals surface area contributed by atoms with Crippen molar-refractivity contribution in [2.24, 2.45) is 0 Å². The van der Waals surface area contributed by atoms with E-state index in [2.05, 4.69) is 6.92 Å². The molecule has 0 atom stereocenters. The van der Waals surface area contributed by atoms with Crippen LogP contribution >= 0.6 is 0 Å². The minimum atomic E-state index is -4.56. The first-order valence-corrected chi connectivity index (χ1v) is 11.8. The Morgan fingerprint density at radius 2 is 1.11 bits per heavy atom. The van der Waals surface area contributed by atoms with E-state index in [4.69, 9.17) is 0 Å². The molecule has 0 amide bonds. The van der Waals surface area contributed by atoms with E-state index in [0.29, 0.717) is 12.8 Å². The predicted molar refractivity (Wildman–Crippen MR) is 109 cm³/mol. The van der Waals surface area contributed by atoms with Crippen LogP contribution in [0.2, 0.25) is 0 Å². The van der Waals surface area contributed by atoms with Gasteiger partial charge in [0.1, 0.15) is 16.4 Å². The molecule has 0 radical (unpaired) electrons. The van der Waals surface area contributed by atoms with Crippen LogP contribution < -0.4 is 0 Å². The van der Waals surface area contributed by atoms with Gasteiger partial charge in [0, 0.05) is 5.56 Å². The third-order valence-corrected chi connectivity index (χ3v) is 5.97. The summed E-state index contributed by atoms with van der Waals surface area (Å²) in [6, 6.07) is 2.33. The van der Waals surface area contributed by atoms with Crippen molar-refractivity contribution in [2.75, 3.05) is 0 Å². The van der Waals surface area contributed by atoms with Crippen molar-refractivity contribution < 1.29 is 23.2 Å². The van der Waals surface area contributed by atoms with Crippen molar-refractivity contribution in [3.8, 4) is 11.5 Å². The second-order valence-electron chi connectivity index (χ2n) is 7.38. The fourth-order valence-corrected chi connectivity index (χ4v) is 4.30. The van der Waals surface area contributed by atoms with Crippen LogP contribution in [0.1, 0.15) is 96.0 Å². The molecular weight excluding hydrogens is 364 g/mol. The average molecular weight is 401 g/mol. The van der Waals surface area contributed by atoms with E-state index in [1.54, 1.807) is 0 Å². The third kappa shape index (κ3) is 9.47. The summed E-state index contributed by atoms with van der Waals surface area (Å²) in [6.45, 7) is 2.24. The lowest BCUT2D eigenvalue weighted by molar-refractivity contribution is 0.425. The van der Waals surface area contributed by atoms with Crippen molar-refractivity contribution in [1.29, 1.82) is 0 Å². The normalized spacial score (nSPS) is 11.8. The monoisotopic (exact) mass is 400 g/mol. The lowest BCUT2D eigenvalue weighted by Crippen LogP contribution is -2.04. The summed E-state index contributed by atoms with van der Waals surface area (Å²) in [6.07, 6.45) is 16.0. The molecule has 1 rings (SSSR count). The largest absolute Gasteiger partial charge is 0.508 e. The van der Waals surface area contributed by atoms with Crippen LogP contribution in [-0.2, 0) is 16.5 Å². The summed E-state index contributed by atoms with van der Waals surface area (Å²) < 4.78 is 32.2. The second-order valence-corrected chi connectivity index (χ2v) is 8.74. The Hall–Kier alpha value is -1.27. The second kappa shape index (κ2) is 13.0. The van der Waals surface area contributed by atoms with Crippen molar-refractivity contribution in [3.63, 3.8) is 0 Å². The Labute approximate surface area is 164 Å². The molecule has 0 aliphatic heterocycles. The van der Waals surface area contributed by atoms with Crippen LogP contribution in [0.15, 0.2) is 17.0 Å². The van der Waals surface area contributed by atoms with E-state index < -0.39 is 20.8 Å². The molecule has 27 heavy (non-hydrogen) atoms. The van der Waals surface area contributed by atoms with Crippen LogP contribution in [-0.4, -0.2) is 23.2 Å². The highest BCUT2D eigenvalue weighted by molar-refractivity contribution is 7.86. The van der Waals surface area contributed by atoms with Crippen molar-refractivity contribution in [1.82, 2.24) is 0 Å². The van der Waals surface area contributed by atoms with Crippen LogP contribution in [0.3, 0.4) is 0 Å². The fourth-order valence-electron chi connectivity index (χ4n) is 3.45. The number of unbranched alkanes of at least 4 members (excludes halogenated alkanes) is 12. The fraction of sp³-hybridized carbons (Fsp3) is 0.714. The molecule has 0 aliphatic carbocycles. The lowest BCUT2D eigenvalue weighted by atomic mass is 10.0. The number of aromatic hydroxyl groups is 2. The third-order valence-electron chi connectivity index (χ3n) is 5.00. The smallest absolute Gasteiger partial charge is 0.298 e. The summed E-state index contributed by atoms with van der Waals surface area (Å²) in [5, 5.41) is 19.6. The van der Waals surface area contributed by atoms with Crippen LogP contribution in [0.4, 0.5) is 0 Å². The van der Waals surface area contributed by atoms with Crippen molar-refractivity contribution >= 4 is 10.1 Å². The Bertz CT molecular complexity index is 640. The molecule has 0 fully saturated rings. The molecule has 1 aromatic rings. The van der Waals surface area contributed by atoms with Crippen molar-refractivity contribution in [3.05, 3.63) is 17.7 Å². The zero-order chi connectivity index (χ0) is 20.1. The van der Waals surface area contributed by atoms with Gasteiger partial charge in [-0.15, -0.1) is 0 Å². The van der Waals surface area contributed by atoms with Gasteiger partial charge in [0.2, 0.25) is 0 Å². The summed E-state index contributed by atoms with van der Waals surface area (Å²) in [5.74, 6) is -0.737. The maximum absolute atomic E-state index is 11.4. The topological polar surface area (TPSA) is 94.8 Å². The molecule has 0 spiro atoms. The Morgan fingerprint density at radius 3 is 1.56 bits per heavy atom. The zero-order valence-corrected chi connectivity index (χ0v) is 17.4. The highest BCUT2D eigenvalue weighted by Gasteiger charge is 2.22. The Morgan fingerprint density at radius 1 is 0.704 bits per heavy atom. The highest BCUT2D eigenvalue weighted by Crippen LogP contribution is 2.34. The number of phenols is 2. The summed E-state index contributed by atoms with van der Waals surface area (Å²) >= 11 is 0. The molecule has 0 aliphatic rings. The zero-order valence-electron chi connectivity index (χ0n) is 16.6. The molecular formula is C21H36O5S. The van der Waals surface area contributed by atoms with E-state index in [0.717, 1.165) is 25.3 Å². The predicted octanol–water partition coefficient (Wildman–Crippen LogP) is 5.98. The molecule has 5 nitrogen and oxygen atoms in total. The van der Waals surface area contributed by atoms with Crippen molar-refractivity contribution in [2.45, 2.75) is 102 Å². The molecule has 0 saturated heterocycles. The Kier molecular flexibility index (Phi) is 11.4. The maximum atomic E-state index is 11.4. The van der Waals surface area contributed by atoms with Gasteiger partial charge < -0.3 is 10.2 Å². The summed E-state index contributed by atoms with van der Waals surface area (Å²) in [5.41, 5.74) is 0.0978. The number of benzene rings is 1. The number of hydrogen-bond acceptors (Lipinski definition) is 4. The van der Waals surface area contributed by atoms with E-state index in [-0.39, 0.29) is 11.3 Å². The molecule has 0 aromatic heterocycles. The maximum Gasteiger partial charge on any atom is 0.298 e. The van der Waals surface area contributed by atoms with Gasteiger partial charge >= 0.3 is 0 Å². The lowest BCUT2D eigenvalue weighted by Gasteiger charge is -2.11. The van der Waals surface area contributed by atoms with Gasteiger partial charge in [-0.2, -0.15) is 8.42 Å². The SMILES string of the molecule is CCCCCCCCCCCCCCCc1c(O)ccc(O)c1S(=O)(=O)O. The summed E-state index contributed by atoms with van der Waals surface area (Å²) in [4.78, 5) is -0.568. The number of rotatable bonds is 15. The number of hydrogen-bond donors (Lipinski definition) is 3. The molecule has 0 saturated carbocycles. The quantitative estimate of drug-likeness (QED) is 0.191. The first-order valence-electron chi connectivity index (χ1n) is 10.4. The molecule has 0 bridgehead atoms. The van der Waals surface area contributed by atoms with Gasteiger partial charge in [-0.05, 0) is 25.0 Å². The van der Waals surface area contributed by atoms with E-state index >= 15 is 0 Å². The number of phenolic OH excluding ortho intramolecular Hbond substituents is 2. The first kappa shape index (κ1) is 23.8. The summed E-state index contributed by atoms with van der Waals surface area (Å²) in [7, 11) is -4.56. The van der Waals surface area contributed by atoms with Gasteiger partial charge in [0.05, 0.1) is 0 Å². The van der Waals surface area contributed by atoms with Crippen LogP contribution in [0, 0.1) is 0 Å². The molecule has 6 heteroatoms. The minimum Gasteiger partial charge on any atom is -0.508 e. The van der Waals surface area contributed by atoms with Gasteiger partial charge in [0.25, 0.3) is 10.1 Å². The molecule has 156 valence electrons. The molecule has 0 heterocycles.